The molecule has 2 aromatic heterocycles. The Kier molecular flexibility index (Phi) is 1.55. The van der Waals surface area contributed by atoms with Gasteiger partial charge in [-0.25, -0.2) is 9.97 Å². The van der Waals surface area contributed by atoms with Gasteiger partial charge in [0, 0.05) is 6.20 Å². The molecule has 0 saturated carbocycles. The fourth-order valence-electron chi connectivity index (χ4n) is 0.866. The first-order chi connectivity index (χ1) is 5.79. The first kappa shape index (κ1) is 7.24. The van der Waals surface area contributed by atoms with Crippen molar-refractivity contribution >= 4 is 29.1 Å². The number of nitrogens with zero attached hydrogens (tertiary/aromatic N) is 2. The van der Waals surface area contributed by atoms with E-state index in [0.29, 0.717) is 22.5 Å². The number of fused-ring (bicyclic) bond motifs is 1. The van der Waals surface area contributed by atoms with Gasteiger partial charge in [0.25, 0.3) is 5.89 Å². The molecular weight excluding hydrogens is 180 g/mol. The van der Waals surface area contributed by atoms with E-state index in [4.69, 9.17) is 16.0 Å². The molecule has 0 radical (unpaired) electrons. The Morgan fingerprint density at radius 1 is 1.58 bits per heavy atom. The van der Waals surface area contributed by atoms with Crippen LogP contribution in [0.15, 0.2) is 16.7 Å². The molecular formula is C7H3ClN2O2. The van der Waals surface area contributed by atoms with Gasteiger partial charge in [0.15, 0.2) is 0 Å². The van der Waals surface area contributed by atoms with E-state index in [9.17, 15) is 4.79 Å². The van der Waals surface area contributed by atoms with Crippen molar-refractivity contribution in [3.05, 3.63) is 23.2 Å². The molecule has 0 aliphatic carbocycles. The number of hydrogen-bond donors (Lipinski definition) is 0. The van der Waals surface area contributed by atoms with Gasteiger partial charge in [0.2, 0.25) is 12.0 Å². The molecule has 0 aliphatic heterocycles. The van der Waals surface area contributed by atoms with Crippen LogP contribution in [0.4, 0.5) is 0 Å². The van der Waals surface area contributed by atoms with Crippen molar-refractivity contribution in [2.75, 3.05) is 0 Å². The van der Waals surface area contributed by atoms with Crippen molar-refractivity contribution in [3.63, 3.8) is 0 Å². The second kappa shape index (κ2) is 2.57. The maximum Gasteiger partial charge on any atom is 0.262 e. The number of aromatic nitrogens is 2. The molecule has 0 saturated heterocycles. The number of rotatable bonds is 1. The fourth-order valence-corrected chi connectivity index (χ4v) is 1.02. The predicted molar refractivity (Wildman–Crippen MR) is 42.2 cm³/mol. The molecule has 0 spiro atoms. The quantitative estimate of drug-likeness (QED) is 0.630. The number of halogens is 1. The van der Waals surface area contributed by atoms with Crippen molar-refractivity contribution < 1.29 is 9.21 Å². The summed E-state index contributed by atoms with van der Waals surface area (Å²) in [5, 5.41) is 0.466. The van der Waals surface area contributed by atoms with E-state index >= 15 is 0 Å². The SMILES string of the molecule is O=Cc1nc2cc(Cl)cnc2o1. The van der Waals surface area contributed by atoms with Gasteiger partial charge < -0.3 is 4.42 Å². The summed E-state index contributed by atoms with van der Waals surface area (Å²) in [6.45, 7) is 0. The van der Waals surface area contributed by atoms with Crippen LogP contribution in [0.5, 0.6) is 0 Å². The van der Waals surface area contributed by atoms with E-state index in [1.54, 1.807) is 6.07 Å². The Balaban J connectivity index is 2.75. The van der Waals surface area contributed by atoms with Crippen molar-refractivity contribution in [2.24, 2.45) is 0 Å². The van der Waals surface area contributed by atoms with Gasteiger partial charge in [-0.3, -0.25) is 4.79 Å². The lowest BCUT2D eigenvalue weighted by Gasteiger charge is -1.84. The largest absolute Gasteiger partial charge is 0.415 e. The third-order valence-electron chi connectivity index (χ3n) is 1.33. The fraction of sp³-hybridized carbons (Fsp3) is 0. The maximum atomic E-state index is 10.2. The van der Waals surface area contributed by atoms with Crippen LogP contribution in [0.25, 0.3) is 11.2 Å². The van der Waals surface area contributed by atoms with Crippen molar-refractivity contribution in [1.82, 2.24) is 9.97 Å². The average molecular weight is 183 g/mol. The summed E-state index contributed by atoms with van der Waals surface area (Å²) in [5.41, 5.74) is 0.811. The lowest BCUT2D eigenvalue weighted by molar-refractivity contribution is 0.109. The smallest absolute Gasteiger partial charge is 0.262 e. The van der Waals surface area contributed by atoms with Crippen LogP contribution in [-0.2, 0) is 0 Å². The van der Waals surface area contributed by atoms with Crippen molar-refractivity contribution in [3.8, 4) is 0 Å². The van der Waals surface area contributed by atoms with Crippen molar-refractivity contribution in [2.45, 2.75) is 0 Å². The molecule has 2 aromatic rings. The summed E-state index contributed by atoms with van der Waals surface area (Å²) < 4.78 is 4.92. The zero-order chi connectivity index (χ0) is 8.55. The number of oxazole rings is 1. The van der Waals surface area contributed by atoms with E-state index < -0.39 is 0 Å². The second-order valence-corrected chi connectivity index (χ2v) is 2.58. The Bertz CT molecular complexity index is 438. The maximum absolute atomic E-state index is 10.2. The molecule has 5 heteroatoms. The molecule has 0 aliphatic rings. The molecule has 2 heterocycles. The minimum Gasteiger partial charge on any atom is -0.415 e. The van der Waals surface area contributed by atoms with E-state index in [1.165, 1.54) is 6.20 Å². The van der Waals surface area contributed by atoms with Crippen molar-refractivity contribution in [1.29, 1.82) is 0 Å². The van der Waals surface area contributed by atoms with Crippen LogP contribution < -0.4 is 0 Å². The van der Waals surface area contributed by atoms with Crippen LogP contribution in [0.2, 0.25) is 5.02 Å². The van der Waals surface area contributed by atoms with Crippen LogP contribution in [-0.4, -0.2) is 16.3 Å². The molecule has 0 N–H and O–H groups in total. The van der Waals surface area contributed by atoms with Gasteiger partial charge in [-0.15, -0.1) is 0 Å². The highest BCUT2D eigenvalue weighted by atomic mass is 35.5. The Morgan fingerprint density at radius 2 is 2.42 bits per heavy atom. The normalized spacial score (nSPS) is 10.4. The number of pyridine rings is 1. The number of aldehydes is 1. The van der Waals surface area contributed by atoms with E-state index in [1.807, 2.05) is 0 Å². The Labute approximate surface area is 72.2 Å². The molecule has 0 aromatic carbocycles. The monoisotopic (exact) mass is 182 g/mol. The van der Waals surface area contributed by atoms with E-state index in [0.717, 1.165) is 0 Å². The predicted octanol–water partition coefficient (Wildman–Crippen LogP) is 1.69. The number of carbonyl (C=O) groups is 1. The highest BCUT2D eigenvalue weighted by Crippen LogP contribution is 2.16. The third kappa shape index (κ3) is 1.06. The van der Waals surface area contributed by atoms with Gasteiger partial charge in [-0.05, 0) is 6.07 Å². The molecule has 0 atom stereocenters. The summed E-state index contributed by atoms with van der Waals surface area (Å²) in [6, 6.07) is 1.58. The molecule has 4 nitrogen and oxygen atoms in total. The van der Waals surface area contributed by atoms with Crippen LogP contribution in [0.1, 0.15) is 10.7 Å². The summed E-state index contributed by atoms with van der Waals surface area (Å²) in [5.74, 6) is 0.0137. The molecule has 0 fully saturated rings. The molecule has 0 amide bonds. The minimum absolute atomic E-state index is 0.0137. The molecule has 2 rings (SSSR count). The average Bonchev–Trinajstić information content (AvgIpc) is 2.46. The summed E-state index contributed by atoms with van der Waals surface area (Å²) in [6.07, 6.45) is 1.96. The first-order valence-corrected chi connectivity index (χ1v) is 3.54. The molecule has 12 heavy (non-hydrogen) atoms. The zero-order valence-corrected chi connectivity index (χ0v) is 6.58. The minimum atomic E-state index is 0.0137. The third-order valence-corrected chi connectivity index (χ3v) is 1.54. The van der Waals surface area contributed by atoms with Gasteiger partial charge >= 0.3 is 0 Å². The molecule has 60 valence electrons. The standard InChI is InChI=1S/C7H3ClN2O2/c8-4-1-5-7(9-2-4)12-6(3-11)10-5/h1-3H. The summed E-state index contributed by atoms with van der Waals surface area (Å²) in [7, 11) is 0. The lowest BCUT2D eigenvalue weighted by atomic mass is 10.4. The molecule has 0 unspecified atom stereocenters. The van der Waals surface area contributed by atoms with Gasteiger partial charge in [0.1, 0.15) is 5.52 Å². The second-order valence-electron chi connectivity index (χ2n) is 2.15. The summed E-state index contributed by atoms with van der Waals surface area (Å²) in [4.78, 5) is 17.9. The van der Waals surface area contributed by atoms with Gasteiger partial charge in [0.05, 0.1) is 5.02 Å². The van der Waals surface area contributed by atoms with Crippen LogP contribution in [0.3, 0.4) is 0 Å². The topological polar surface area (TPSA) is 56.0 Å². The van der Waals surface area contributed by atoms with E-state index in [-0.39, 0.29) is 5.89 Å². The van der Waals surface area contributed by atoms with Crippen LogP contribution in [0, 0.1) is 0 Å². The molecule has 0 bridgehead atoms. The summed E-state index contributed by atoms with van der Waals surface area (Å²) >= 11 is 5.64. The Hall–Kier alpha value is -1.42. The van der Waals surface area contributed by atoms with Crippen LogP contribution >= 0.6 is 11.6 Å². The first-order valence-electron chi connectivity index (χ1n) is 3.17. The Morgan fingerprint density at radius 3 is 3.17 bits per heavy atom. The highest BCUT2D eigenvalue weighted by Gasteiger charge is 2.05. The van der Waals surface area contributed by atoms with E-state index in [2.05, 4.69) is 9.97 Å². The lowest BCUT2D eigenvalue weighted by Crippen LogP contribution is -1.75. The number of carbonyl (C=O) groups excluding carboxylic acids is 1. The van der Waals surface area contributed by atoms with Gasteiger partial charge in [-0.1, -0.05) is 11.6 Å². The highest BCUT2D eigenvalue weighted by molar-refractivity contribution is 6.30. The van der Waals surface area contributed by atoms with Gasteiger partial charge in [-0.2, -0.15) is 0 Å². The number of hydrogen-bond acceptors (Lipinski definition) is 4. The zero-order valence-electron chi connectivity index (χ0n) is 5.82.